The fraction of sp³-hybridized carbons (Fsp3) is 0.270. The monoisotopic (exact) mass is 636 g/mol. The molecule has 0 unspecified atom stereocenters. The van der Waals surface area contributed by atoms with Gasteiger partial charge in [0, 0.05) is 41.5 Å². The van der Waals surface area contributed by atoms with Gasteiger partial charge in [0.05, 0.1) is 23.9 Å². The summed E-state index contributed by atoms with van der Waals surface area (Å²) in [7, 11) is 1.37. The first-order chi connectivity index (χ1) is 22.4. The molecule has 1 fully saturated rings. The molecule has 1 aliphatic heterocycles. The van der Waals surface area contributed by atoms with Gasteiger partial charge in [-0.2, -0.15) is 0 Å². The Bertz CT molecular complexity index is 1650. The first kappa shape index (κ1) is 32.8. The molecule has 4 aromatic carbocycles. The average molecular weight is 637 g/mol. The van der Waals surface area contributed by atoms with Crippen molar-refractivity contribution in [2.24, 2.45) is 0 Å². The van der Waals surface area contributed by atoms with E-state index in [1.807, 2.05) is 79.7 Å². The second-order valence-corrected chi connectivity index (χ2v) is 12.2. The number of benzene rings is 4. The Hall–Kier alpha value is -4.60. The summed E-state index contributed by atoms with van der Waals surface area (Å²) in [6, 6.07) is 28.3. The molecule has 5 rings (SSSR count). The standard InChI is InChI=1S/C37H40N4O4S/c1-3-38-46-32-9-7-8-29(24-32)35(42)40-34-21-20-31(41-22-5-4-6-23-41)25-33(34)36(43)39-30-18-14-27(15-19-30)11-10-26-12-16-28(17-13-26)37(44)45-2/h7-9,12-21,24-25,38H,3-6,10-11,22-23H2,1-2H3,(H,39,43)(H,40,42). The Kier molecular flexibility index (Phi) is 11.5. The fourth-order valence-electron chi connectivity index (χ4n) is 5.40. The molecule has 238 valence electrons. The lowest BCUT2D eigenvalue weighted by molar-refractivity contribution is 0.0600. The van der Waals surface area contributed by atoms with E-state index in [0.29, 0.717) is 28.1 Å². The Morgan fingerprint density at radius 3 is 2.13 bits per heavy atom. The van der Waals surface area contributed by atoms with Crippen LogP contribution in [0.4, 0.5) is 17.1 Å². The van der Waals surface area contributed by atoms with Gasteiger partial charge in [-0.1, -0.05) is 37.3 Å². The number of ether oxygens (including phenoxy) is 1. The number of methoxy groups -OCH3 is 1. The Balaban J connectivity index is 1.29. The molecule has 1 saturated heterocycles. The van der Waals surface area contributed by atoms with Crippen molar-refractivity contribution in [3.63, 3.8) is 0 Å². The number of hydrogen-bond acceptors (Lipinski definition) is 7. The summed E-state index contributed by atoms with van der Waals surface area (Å²) in [4.78, 5) is 42.0. The van der Waals surface area contributed by atoms with Crippen LogP contribution in [0.3, 0.4) is 0 Å². The van der Waals surface area contributed by atoms with Crippen LogP contribution in [0.15, 0.2) is 95.9 Å². The molecule has 3 N–H and O–H groups in total. The van der Waals surface area contributed by atoms with Crippen LogP contribution >= 0.6 is 11.9 Å². The summed E-state index contributed by atoms with van der Waals surface area (Å²) < 4.78 is 7.97. The van der Waals surface area contributed by atoms with Crippen molar-refractivity contribution < 1.29 is 19.1 Å². The maximum Gasteiger partial charge on any atom is 0.337 e. The number of nitrogens with one attached hydrogen (secondary N) is 3. The van der Waals surface area contributed by atoms with Crippen LogP contribution in [-0.4, -0.2) is 44.5 Å². The Morgan fingerprint density at radius 1 is 0.761 bits per heavy atom. The molecule has 0 bridgehead atoms. The van der Waals surface area contributed by atoms with E-state index >= 15 is 0 Å². The second kappa shape index (κ2) is 16.1. The first-order valence-electron chi connectivity index (χ1n) is 15.7. The summed E-state index contributed by atoms with van der Waals surface area (Å²) >= 11 is 1.48. The zero-order chi connectivity index (χ0) is 32.3. The van der Waals surface area contributed by atoms with E-state index in [-0.39, 0.29) is 17.8 Å². The van der Waals surface area contributed by atoms with E-state index in [2.05, 4.69) is 20.3 Å². The lowest BCUT2D eigenvalue weighted by Gasteiger charge is -2.29. The molecule has 9 heteroatoms. The minimum Gasteiger partial charge on any atom is -0.465 e. The number of nitrogens with zero attached hydrogens (tertiary/aromatic N) is 1. The molecule has 8 nitrogen and oxygen atoms in total. The maximum absolute atomic E-state index is 13.7. The lowest BCUT2D eigenvalue weighted by Crippen LogP contribution is -2.29. The van der Waals surface area contributed by atoms with Crippen molar-refractivity contribution >= 4 is 46.8 Å². The van der Waals surface area contributed by atoms with Gasteiger partial charge in [-0.3, -0.25) is 14.3 Å². The number of piperidine rings is 1. The van der Waals surface area contributed by atoms with E-state index in [4.69, 9.17) is 4.74 Å². The van der Waals surface area contributed by atoms with Crippen LogP contribution in [0.2, 0.25) is 0 Å². The van der Waals surface area contributed by atoms with Crippen molar-refractivity contribution in [1.29, 1.82) is 0 Å². The molecule has 2 amide bonds. The molecule has 46 heavy (non-hydrogen) atoms. The molecule has 4 aromatic rings. The number of amides is 2. The van der Waals surface area contributed by atoms with Gasteiger partial charge >= 0.3 is 5.97 Å². The number of rotatable bonds is 12. The van der Waals surface area contributed by atoms with Gasteiger partial charge in [0.15, 0.2) is 0 Å². The van der Waals surface area contributed by atoms with Gasteiger partial charge in [0.25, 0.3) is 11.8 Å². The van der Waals surface area contributed by atoms with Crippen LogP contribution in [0.5, 0.6) is 0 Å². The van der Waals surface area contributed by atoms with Crippen molar-refractivity contribution in [2.75, 3.05) is 42.3 Å². The fourth-order valence-corrected chi connectivity index (χ4v) is 6.04. The number of carbonyl (C=O) groups excluding carboxylic acids is 3. The molecule has 1 aliphatic rings. The van der Waals surface area contributed by atoms with Crippen LogP contribution in [0, 0.1) is 0 Å². The van der Waals surface area contributed by atoms with E-state index in [1.165, 1.54) is 25.5 Å². The van der Waals surface area contributed by atoms with E-state index in [9.17, 15) is 14.4 Å². The first-order valence-corrected chi connectivity index (χ1v) is 16.5. The highest BCUT2D eigenvalue weighted by atomic mass is 32.2. The highest BCUT2D eigenvalue weighted by molar-refractivity contribution is 7.97. The number of carbonyl (C=O) groups is 3. The van der Waals surface area contributed by atoms with Crippen LogP contribution < -0.4 is 20.3 Å². The molecular formula is C37H40N4O4S. The summed E-state index contributed by atoms with van der Waals surface area (Å²) in [6.45, 7) is 4.72. The van der Waals surface area contributed by atoms with Gasteiger partial charge in [-0.15, -0.1) is 0 Å². The van der Waals surface area contributed by atoms with Gasteiger partial charge < -0.3 is 20.3 Å². The topological polar surface area (TPSA) is 99.8 Å². The van der Waals surface area contributed by atoms with Gasteiger partial charge in [-0.25, -0.2) is 4.79 Å². The van der Waals surface area contributed by atoms with Crippen LogP contribution in [0.25, 0.3) is 0 Å². The van der Waals surface area contributed by atoms with Gasteiger partial charge in [0.2, 0.25) is 0 Å². The van der Waals surface area contributed by atoms with Crippen LogP contribution in [0.1, 0.15) is 68.4 Å². The quantitative estimate of drug-likeness (QED) is 0.110. The van der Waals surface area contributed by atoms with Crippen molar-refractivity contribution in [1.82, 2.24) is 4.72 Å². The number of hydrogen-bond donors (Lipinski definition) is 3. The predicted octanol–water partition coefficient (Wildman–Crippen LogP) is 7.37. The van der Waals surface area contributed by atoms with E-state index < -0.39 is 0 Å². The van der Waals surface area contributed by atoms with Crippen molar-refractivity contribution in [3.8, 4) is 0 Å². The normalized spacial score (nSPS) is 12.8. The molecule has 0 spiro atoms. The molecule has 0 saturated carbocycles. The zero-order valence-corrected chi connectivity index (χ0v) is 27.1. The summed E-state index contributed by atoms with van der Waals surface area (Å²) in [5, 5.41) is 6.02. The molecule has 1 heterocycles. The lowest BCUT2D eigenvalue weighted by atomic mass is 10.0. The summed E-state index contributed by atoms with van der Waals surface area (Å²) in [5.41, 5.74) is 5.82. The smallest absolute Gasteiger partial charge is 0.337 e. The largest absolute Gasteiger partial charge is 0.465 e. The highest BCUT2D eigenvalue weighted by Gasteiger charge is 2.19. The molecule has 0 atom stereocenters. The summed E-state index contributed by atoms with van der Waals surface area (Å²) in [5.74, 6) is -0.909. The molecule has 0 aliphatic carbocycles. The Morgan fingerprint density at radius 2 is 1.46 bits per heavy atom. The number of aryl methyl sites for hydroxylation is 2. The highest BCUT2D eigenvalue weighted by Crippen LogP contribution is 2.28. The minimum absolute atomic E-state index is 0.275. The van der Waals surface area contributed by atoms with E-state index in [1.54, 1.807) is 18.2 Å². The van der Waals surface area contributed by atoms with Gasteiger partial charge in [0.1, 0.15) is 0 Å². The molecule has 0 aromatic heterocycles. The minimum atomic E-state index is -0.346. The van der Waals surface area contributed by atoms with E-state index in [0.717, 1.165) is 67.0 Å². The molecular weight excluding hydrogens is 596 g/mol. The number of esters is 1. The van der Waals surface area contributed by atoms with Crippen LogP contribution in [-0.2, 0) is 17.6 Å². The predicted molar refractivity (Wildman–Crippen MR) is 186 cm³/mol. The SMILES string of the molecule is CCNSc1cccc(C(=O)Nc2ccc(N3CCCCC3)cc2C(=O)Nc2ccc(CCc3ccc(C(=O)OC)cc3)cc2)c1. The van der Waals surface area contributed by atoms with Crippen molar-refractivity contribution in [3.05, 3.63) is 119 Å². The third-order valence-corrected chi connectivity index (χ3v) is 8.86. The number of anilines is 3. The second-order valence-electron chi connectivity index (χ2n) is 11.2. The molecule has 0 radical (unpaired) electrons. The summed E-state index contributed by atoms with van der Waals surface area (Å²) in [6.07, 6.45) is 5.07. The van der Waals surface area contributed by atoms with Gasteiger partial charge in [-0.05, 0) is 116 Å². The zero-order valence-electron chi connectivity index (χ0n) is 26.3. The van der Waals surface area contributed by atoms with Crippen molar-refractivity contribution in [2.45, 2.75) is 43.9 Å². The third kappa shape index (κ3) is 8.77. The maximum atomic E-state index is 13.7. The average Bonchev–Trinajstić information content (AvgIpc) is 3.11. The Labute approximate surface area is 275 Å². The third-order valence-electron chi connectivity index (χ3n) is 7.94.